The van der Waals surface area contributed by atoms with E-state index in [9.17, 15) is 0 Å². The summed E-state index contributed by atoms with van der Waals surface area (Å²) in [6.07, 6.45) is 9.54. The van der Waals surface area contributed by atoms with Crippen molar-refractivity contribution in [2.24, 2.45) is 0 Å². The van der Waals surface area contributed by atoms with Crippen LogP contribution >= 0.6 is 22.7 Å². The van der Waals surface area contributed by atoms with E-state index in [1.54, 1.807) is 22.7 Å². The number of aromatic nitrogens is 2. The van der Waals surface area contributed by atoms with E-state index in [-0.39, 0.29) is 131 Å². The first kappa shape index (κ1) is 137. The van der Waals surface area contributed by atoms with Gasteiger partial charge in [-0.15, -0.1) is 46.5 Å². The third-order valence-electron chi connectivity index (χ3n) is 16.3. The summed E-state index contributed by atoms with van der Waals surface area (Å²) in [6, 6.07) is 81.5. The second-order valence-corrected chi connectivity index (χ2v) is 25.3. The largest absolute Gasteiger partial charge is 0.388 e. The molecule has 0 saturated carbocycles. The van der Waals surface area contributed by atoms with Gasteiger partial charge in [0.05, 0.1) is 26.5 Å². The van der Waals surface area contributed by atoms with Crippen molar-refractivity contribution in [3.8, 4) is 11.1 Å². The van der Waals surface area contributed by atoms with Crippen LogP contribution in [0.25, 0.3) is 63.9 Å². The van der Waals surface area contributed by atoms with Crippen LogP contribution in [-0.4, -0.2) is 63.0 Å². The van der Waals surface area contributed by atoms with E-state index in [1.165, 1.54) is 91.9 Å². The zero-order chi connectivity index (χ0) is 93.4. The van der Waals surface area contributed by atoms with Gasteiger partial charge in [-0.25, -0.2) is 9.97 Å². The Kier molecular flexibility index (Phi) is 96.5. The second-order valence-electron chi connectivity index (χ2n) is 23.3. The van der Waals surface area contributed by atoms with Crippen molar-refractivity contribution in [2.45, 2.75) is 228 Å². The first-order valence-corrected chi connectivity index (χ1v) is 45.6. The molecule has 14 aromatic rings. The monoisotopic (exact) mass is 2020 g/mol. The average Bonchev–Trinajstić information content (AvgIpc) is 1.49. The predicted octanol–water partition coefficient (Wildman–Crippen LogP) is 33.9. The summed E-state index contributed by atoms with van der Waals surface area (Å²) in [5, 5.41) is 50.0. The van der Waals surface area contributed by atoms with Crippen LogP contribution in [0.4, 0.5) is 16.0 Å². The Morgan fingerprint density at radius 3 is 0.920 bits per heavy atom. The molecule has 0 fully saturated rings. The van der Waals surface area contributed by atoms with Gasteiger partial charge >= 0.3 is 0 Å². The molecule has 1 aliphatic carbocycles. The first-order valence-electron chi connectivity index (χ1n) is 44.0. The zero-order valence-electron chi connectivity index (χ0n) is 83.6. The maximum absolute atomic E-state index is 6.93. The molecule has 125 heavy (non-hydrogen) atoms. The van der Waals surface area contributed by atoms with Crippen LogP contribution in [0, 0.1) is 77.0 Å². The van der Waals surface area contributed by atoms with Crippen molar-refractivity contribution in [3.63, 3.8) is 0 Å². The summed E-state index contributed by atoms with van der Waals surface area (Å²) in [4.78, 5) is 9.06. The number of rotatable bonds is 8. The molecular formula is C109H156N10S2Y4-4. The molecule has 10 nitrogen and oxygen atoms in total. The zero-order valence-corrected chi connectivity index (χ0v) is 96.6. The molecule has 0 spiro atoms. The van der Waals surface area contributed by atoms with Gasteiger partial charge in [0.2, 0.25) is 0 Å². The minimum atomic E-state index is 0. The van der Waals surface area contributed by atoms with Gasteiger partial charge in [0.1, 0.15) is 0 Å². The van der Waals surface area contributed by atoms with E-state index >= 15 is 0 Å². The minimum absolute atomic E-state index is 0. The van der Waals surface area contributed by atoms with Gasteiger partial charge in [-0.1, -0.05) is 439 Å². The summed E-state index contributed by atoms with van der Waals surface area (Å²) in [6.45, 7) is 64.0. The molecule has 2 aromatic heterocycles. The number of hydrogen-bond acceptors (Lipinski definition) is 12. The van der Waals surface area contributed by atoms with Crippen molar-refractivity contribution in [1.82, 2.24) is 15.3 Å². The Balaban J connectivity index is -0.000000170. The number of aryl methyl sites for hydroxylation is 8. The van der Waals surface area contributed by atoms with Gasteiger partial charge < -0.3 is 42.9 Å². The van der Waals surface area contributed by atoms with Crippen LogP contribution in [0.15, 0.2) is 237 Å². The van der Waals surface area contributed by atoms with Crippen LogP contribution in [0.2, 0.25) is 0 Å². The third kappa shape index (κ3) is 48.2. The van der Waals surface area contributed by atoms with Gasteiger partial charge in [0.25, 0.3) is 0 Å². The number of hydrogen-bond donors (Lipinski definition) is 8. The number of fused-ring (bicyclic) bond motifs is 10. The van der Waals surface area contributed by atoms with Crippen LogP contribution in [0.1, 0.15) is 250 Å². The molecule has 2 heterocycles. The van der Waals surface area contributed by atoms with Crippen LogP contribution < -0.4 is 21.3 Å². The normalized spacial score (nSPS) is 8.83. The van der Waals surface area contributed by atoms with E-state index in [1.807, 2.05) is 323 Å². The fourth-order valence-corrected chi connectivity index (χ4v) is 12.7. The van der Waals surface area contributed by atoms with Crippen molar-refractivity contribution < 1.29 is 131 Å². The molecule has 0 unspecified atom stereocenters. The Labute approximate surface area is 871 Å². The van der Waals surface area contributed by atoms with Crippen LogP contribution in [0.3, 0.4) is 0 Å². The van der Waals surface area contributed by atoms with Gasteiger partial charge in [-0.2, -0.15) is 68.8 Å². The fraction of sp³-hybridized carbons (Fsp3) is 0.339. The molecule has 0 atom stereocenters. The Hall–Kier alpha value is -6.34. The molecule has 4 radical (unpaired) electrons. The summed E-state index contributed by atoms with van der Waals surface area (Å²) >= 11 is 3.39. The van der Waals surface area contributed by atoms with E-state index in [0.717, 1.165) is 65.8 Å². The Morgan fingerprint density at radius 2 is 0.584 bits per heavy atom. The smallest absolute Gasteiger partial charge is 0.183 e. The third-order valence-corrected chi connectivity index (χ3v) is 18.4. The summed E-state index contributed by atoms with van der Waals surface area (Å²) in [5.74, 6) is 0. The van der Waals surface area contributed by atoms with Gasteiger partial charge in [-0.3, -0.25) is 0 Å². The molecule has 15 rings (SSSR count). The number of nitrogens with one attached hydrogen (secondary N) is 8. The Morgan fingerprint density at radius 1 is 0.288 bits per heavy atom. The van der Waals surface area contributed by atoms with Gasteiger partial charge in [-0.05, 0) is 63.7 Å². The van der Waals surface area contributed by atoms with Gasteiger partial charge in [0.15, 0.2) is 10.3 Å². The first-order chi connectivity index (χ1) is 59.0. The SMILES string of the molecule is CC.CC.CC.CC.CC.CC.CC.CC.CC.CC.CC.CC.CNC1c2ccccc2-c2ccccc21.CNc1cccc2ccccc12.CNc1nc2c(ccc3ccccc32)s1.CNc1nc2ccc3ccccc3c2s1.Cc1ccc(C)c([C-]=N)c1.Cc1ccc(C)c([C-]=N)c1.Cc1ccc(C)c([C-]=N)c1.Cc1ccc(C)c([C-]=N)c1.[Y].[Y].[Y].[Y]. The molecule has 0 aliphatic heterocycles. The average molecular weight is 2030 g/mol. The minimum Gasteiger partial charge on any atom is -0.388 e. The van der Waals surface area contributed by atoms with E-state index in [4.69, 9.17) is 21.6 Å². The number of anilines is 3. The van der Waals surface area contributed by atoms with Crippen LogP contribution in [0.5, 0.6) is 0 Å². The molecule has 0 saturated heterocycles. The molecule has 16 heteroatoms. The summed E-state index contributed by atoms with van der Waals surface area (Å²) < 4.78 is 2.50. The second kappa shape index (κ2) is 88.3. The molecule has 12 aromatic carbocycles. The molecule has 0 amide bonds. The molecule has 8 N–H and O–H groups in total. The Bertz CT molecular complexity index is 4630. The molecular weight excluding hydrogens is 1870 g/mol. The topological polar surface area (TPSA) is 169 Å². The van der Waals surface area contributed by atoms with Crippen LogP contribution in [-0.2, 0) is 131 Å². The summed E-state index contributed by atoms with van der Waals surface area (Å²) in [5.41, 5.74) is 21.6. The molecule has 0 bridgehead atoms. The van der Waals surface area contributed by atoms with E-state index in [2.05, 4.69) is 220 Å². The van der Waals surface area contributed by atoms with Crippen molar-refractivity contribution >= 4 is 116 Å². The maximum atomic E-state index is 6.93. The summed E-state index contributed by atoms with van der Waals surface area (Å²) in [7, 11) is 7.77. The standard InChI is InChI=1S/C14H13N.2C12H10N2S.C11H11N.4C9H10N.12C2H6.4Y/c1-15-14-12-8-4-2-6-10(12)11-7-3-5-9-13(11)14;1-13-12-14-11-9-5-3-2-4-8(9)6-7-10(11)15-12;1-13-12-14-10-7-6-8-4-2-3-5-9(8)11(10)15-12;1-12-11-8-4-6-9-5-2-3-7-10(9)11;4*1-7-3-4-8(2)9(5-7)6-10;12*1-2;;;;/h2-9,14-15H,1H3;2*2-7H,1H3,(H,13,14);2-8,12H,1H3;4*3-5,10H,1-2H3;12*1-2H3;;;;/q;;;;4*-1;;;;;;;;;;;;;;;;. The fourth-order valence-electron chi connectivity index (χ4n) is 10.9. The van der Waals surface area contributed by atoms with E-state index in [0.29, 0.717) is 6.04 Å². The predicted molar refractivity (Wildman–Crippen MR) is 557 cm³/mol. The van der Waals surface area contributed by atoms with E-state index < -0.39 is 0 Å². The number of nitrogens with zero attached hydrogens (tertiary/aromatic N) is 2. The molecule has 1 aliphatic rings. The maximum Gasteiger partial charge on any atom is 0.183 e. The number of benzene rings is 12. The van der Waals surface area contributed by atoms with Crippen molar-refractivity contribution in [2.75, 3.05) is 44.1 Å². The van der Waals surface area contributed by atoms with Gasteiger partial charge in [0, 0.05) is 174 Å². The quantitative estimate of drug-likeness (QED) is 0.0556. The molecule has 670 valence electrons. The number of thiazole rings is 2. The van der Waals surface area contributed by atoms with Crippen molar-refractivity contribution in [3.05, 3.63) is 314 Å². The van der Waals surface area contributed by atoms with Crippen molar-refractivity contribution in [1.29, 1.82) is 21.6 Å².